The predicted octanol–water partition coefficient (Wildman–Crippen LogP) is 1.38. The maximum atomic E-state index is 12.2. The Labute approximate surface area is 90.3 Å². The fourth-order valence-corrected chi connectivity index (χ4v) is 1.44. The third kappa shape index (κ3) is 2.23. The second-order valence-electron chi connectivity index (χ2n) is 3.19. The molecule has 2 heterocycles. The number of fused-ring (bicyclic) bond motifs is 1. The first kappa shape index (κ1) is 12.3. The minimum atomic E-state index is -4.45. The third-order valence-corrected chi connectivity index (χ3v) is 2.12. The molecule has 0 fully saturated rings. The van der Waals surface area contributed by atoms with Crippen LogP contribution < -0.4 is 5.32 Å². The molecular formula is C7H10ClF3N4. The van der Waals surface area contributed by atoms with E-state index in [1.54, 1.807) is 6.92 Å². The highest BCUT2D eigenvalue weighted by Gasteiger charge is 2.38. The largest absolute Gasteiger partial charge is 0.453 e. The molecular weight excluding hydrogens is 233 g/mol. The molecule has 1 aromatic heterocycles. The van der Waals surface area contributed by atoms with E-state index in [2.05, 4.69) is 15.4 Å². The van der Waals surface area contributed by atoms with E-state index in [9.17, 15) is 13.2 Å². The molecule has 1 N–H and O–H groups in total. The topological polar surface area (TPSA) is 42.7 Å². The number of hydrogen-bond acceptors (Lipinski definition) is 3. The number of nitrogens with zero attached hydrogens (tertiary/aromatic N) is 3. The Bertz CT molecular complexity index is 348. The minimum absolute atomic E-state index is 0. The van der Waals surface area contributed by atoms with Gasteiger partial charge in [0.1, 0.15) is 5.82 Å². The zero-order valence-electron chi connectivity index (χ0n) is 7.88. The Hall–Kier alpha value is -0.820. The summed E-state index contributed by atoms with van der Waals surface area (Å²) < 4.78 is 38.0. The van der Waals surface area contributed by atoms with Gasteiger partial charge in [0.15, 0.2) is 0 Å². The van der Waals surface area contributed by atoms with Gasteiger partial charge in [-0.25, -0.2) is 9.67 Å². The molecule has 86 valence electrons. The summed E-state index contributed by atoms with van der Waals surface area (Å²) in [6.45, 7) is 2.82. The maximum absolute atomic E-state index is 12.2. The molecule has 4 nitrogen and oxygen atoms in total. The molecule has 0 aromatic carbocycles. The summed E-state index contributed by atoms with van der Waals surface area (Å²) in [6, 6.07) is -0.174. The molecule has 15 heavy (non-hydrogen) atoms. The summed E-state index contributed by atoms with van der Waals surface area (Å²) in [5, 5.41) is 6.43. The Morgan fingerprint density at radius 2 is 2.13 bits per heavy atom. The monoisotopic (exact) mass is 242 g/mol. The molecule has 0 spiro atoms. The standard InChI is InChI=1S/C7H9F3N4.ClH/c1-4-5-12-6(7(8,9)10)13-14(5)3-2-11-4;/h4,11H,2-3H2,1H3;1H. The molecule has 1 aliphatic heterocycles. The van der Waals surface area contributed by atoms with Gasteiger partial charge in [-0.1, -0.05) is 0 Å². The predicted molar refractivity (Wildman–Crippen MR) is 48.7 cm³/mol. The van der Waals surface area contributed by atoms with Crippen LogP contribution in [0.1, 0.15) is 24.6 Å². The first-order valence-electron chi connectivity index (χ1n) is 4.24. The first-order valence-corrected chi connectivity index (χ1v) is 4.24. The van der Waals surface area contributed by atoms with Crippen molar-refractivity contribution >= 4 is 12.4 Å². The molecule has 1 unspecified atom stereocenters. The average molecular weight is 243 g/mol. The van der Waals surface area contributed by atoms with E-state index >= 15 is 0 Å². The molecule has 0 radical (unpaired) electrons. The van der Waals surface area contributed by atoms with Crippen LogP contribution in [0.15, 0.2) is 0 Å². The van der Waals surface area contributed by atoms with Gasteiger partial charge < -0.3 is 5.32 Å². The lowest BCUT2D eigenvalue weighted by Crippen LogP contribution is -2.32. The second kappa shape index (κ2) is 3.97. The summed E-state index contributed by atoms with van der Waals surface area (Å²) in [7, 11) is 0. The number of nitrogens with one attached hydrogen (secondary N) is 1. The van der Waals surface area contributed by atoms with Crippen molar-refractivity contribution in [3.05, 3.63) is 11.6 Å². The Balaban J connectivity index is 0.00000112. The van der Waals surface area contributed by atoms with Gasteiger partial charge in [0.2, 0.25) is 0 Å². The molecule has 1 aromatic rings. The molecule has 1 atom stereocenters. The van der Waals surface area contributed by atoms with Gasteiger partial charge in [0.25, 0.3) is 5.82 Å². The van der Waals surface area contributed by atoms with Crippen LogP contribution in [-0.2, 0) is 12.7 Å². The van der Waals surface area contributed by atoms with E-state index < -0.39 is 12.0 Å². The lowest BCUT2D eigenvalue weighted by molar-refractivity contribution is -0.145. The zero-order valence-corrected chi connectivity index (χ0v) is 8.69. The average Bonchev–Trinajstić information content (AvgIpc) is 2.48. The fourth-order valence-electron chi connectivity index (χ4n) is 1.44. The molecule has 0 aliphatic carbocycles. The van der Waals surface area contributed by atoms with E-state index in [1.807, 2.05) is 0 Å². The number of halogens is 4. The van der Waals surface area contributed by atoms with Crippen molar-refractivity contribution in [2.75, 3.05) is 6.54 Å². The van der Waals surface area contributed by atoms with Crippen LogP contribution in [-0.4, -0.2) is 21.3 Å². The molecule has 1 aliphatic rings. The van der Waals surface area contributed by atoms with Crippen molar-refractivity contribution in [2.45, 2.75) is 25.7 Å². The minimum Gasteiger partial charge on any atom is -0.306 e. The van der Waals surface area contributed by atoms with Crippen LogP contribution in [0.5, 0.6) is 0 Å². The number of alkyl halides is 3. The first-order chi connectivity index (χ1) is 6.48. The highest BCUT2D eigenvalue weighted by atomic mass is 35.5. The number of aromatic nitrogens is 3. The van der Waals surface area contributed by atoms with E-state index in [0.717, 1.165) is 0 Å². The van der Waals surface area contributed by atoms with Gasteiger partial charge in [0.05, 0.1) is 12.6 Å². The van der Waals surface area contributed by atoms with Crippen LogP contribution >= 0.6 is 12.4 Å². The van der Waals surface area contributed by atoms with Crippen molar-refractivity contribution in [1.29, 1.82) is 0 Å². The van der Waals surface area contributed by atoms with Crippen LogP contribution in [0, 0.1) is 0 Å². The van der Waals surface area contributed by atoms with Gasteiger partial charge >= 0.3 is 6.18 Å². The molecule has 0 bridgehead atoms. The lowest BCUT2D eigenvalue weighted by atomic mass is 10.3. The fraction of sp³-hybridized carbons (Fsp3) is 0.714. The maximum Gasteiger partial charge on any atom is 0.453 e. The van der Waals surface area contributed by atoms with E-state index in [4.69, 9.17) is 0 Å². The Morgan fingerprint density at radius 3 is 2.67 bits per heavy atom. The summed E-state index contributed by atoms with van der Waals surface area (Å²) in [5.41, 5.74) is 0. The number of hydrogen-bond donors (Lipinski definition) is 1. The quantitative estimate of drug-likeness (QED) is 0.748. The molecule has 0 amide bonds. The molecule has 0 saturated carbocycles. The van der Waals surface area contributed by atoms with E-state index in [1.165, 1.54) is 4.68 Å². The van der Waals surface area contributed by atoms with E-state index in [-0.39, 0.29) is 18.4 Å². The summed E-state index contributed by atoms with van der Waals surface area (Å²) >= 11 is 0. The molecule has 2 rings (SSSR count). The third-order valence-electron chi connectivity index (χ3n) is 2.12. The van der Waals surface area contributed by atoms with Crippen molar-refractivity contribution in [3.63, 3.8) is 0 Å². The molecule has 0 saturated heterocycles. The second-order valence-corrected chi connectivity index (χ2v) is 3.19. The van der Waals surface area contributed by atoms with Crippen LogP contribution in [0.4, 0.5) is 13.2 Å². The van der Waals surface area contributed by atoms with Crippen molar-refractivity contribution in [1.82, 2.24) is 20.1 Å². The van der Waals surface area contributed by atoms with Crippen molar-refractivity contribution < 1.29 is 13.2 Å². The number of rotatable bonds is 0. The molecule has 8 heteroatoms. The van der Waals surface area contributed by atoms with Crippen molar-refractivity contribution in [3.8, 4) is 0 Å². The summed E-state index contributed by atoms with van der Waals surface area (Å²) in [6.07, 6.45) is -4.45. The Kier molecular flexibility index (Phi) is 3.25. The normalized spacial score (nSPS) is 20.7. The summed E-state index contributed by atoms with van der Waals surface area (Å²) in [5.74, 6) is -0.702. The summed E-state index contributed by atoms with van der Waals surface area (Å²) in [4.78, 5) is 3.47. The van der Waals surface area contributed by atoms with E-state index in [0.29, 0.717) is 18.9 Å². The van der Waals surface area contributed by atoms with Crippen LogP contribution in [0.2, 0.25) is 0 Å². The highest BCUT2D eigenvalue weighted by molar-refractivity contribution is 5.85. The van der Waals surface area contributed by atoms with Crippen molar-refractivity contribution in [2.24, 2.45) is 0 Å². The SMILES string of the molecule is CC1NCCn2nc(C(F)(F)F)nc21.Cl. The van der Waals surface area contributed by atoms with Gasteiger partial charge in [-0.05, 0) is 6.92 Å². The van der Waals surface area contributed by atoms with Crippen LogP contribution in [0.25, 0.3) is 0 Å². The Morgan fingerprint density at radius 1 is 1.47 bits per heavy atom. The van der Waals surface area contributed by atoms with Gasteiger partial charge in [0, 0.05) is 6.54 Å². The van der Waals surface area contributed by atoms with Gasteiger partial charge in [-0.2, -0.15) is 13.2 Å². The zero-order chi connectivity index (χ0) is 10.3. The smallest absolute Gasteiger partial charge is 0.306 e. The van der Waals surface area contributed by atoms with Gasteiger partial charge in [-0.15, -0.1) is 17.5 Å². The van der Waals surface area contributed by atoms with Crippen LogP contribution in [0.3, 0.4) is 0 Å². The van der Waals surface area contributed by atoms with Gasteiger partial charge in [-0.3, -0.25) is 0 Å². The highest BCUT2D eigenvalue weighted by Crippen LogP contribution is 2.27. The lowest BCUT2D eigenvalue weighted by Gasteiger charge is -2.19.